The highest BCUT2D eigenvalue weighted by Crippen LogP contribution is 2.29. The molecule has 3 rings (SSSR count). The van der Waals surface area contributed by atoms with Gasteiger partial charge in [-0.2, -0.15) is 0 Å². The highest BCUT2D eigenvalue weighted by molar-refractivity contribution is 5.27. The molecule has 2 aromatic rings. The molecule has 2 N–H and O–H groups in total. The van der Waals surface area contributed by atoms with Crippen LogP contribution in [-0.4, -0.2) is 25.3 Å². The normalized spacial score (nSPS) is 21.2. The molecule has 136 valence electrons. The maximum atomic E-state index is 13.2. The van der Waals surface area contributed by atoms with Gasteiger partial charge in [0.05, 0.1) is 25.0 Å². The van der Waals surface area contributed by atoms with E-state index in [0.29, 0.717) is 0 Å². The summed E-state index contributed by atoms with van der Waals surface area (Å²) in [6.07, 6.45) is 4.97. The Bertz CT molecular complexity index is 636. The predicted molar refractivity (Wildman–Crippen MR) is 96.0 cm³/mol. The second-order valence-electron chi connectivity index (χ2n) is 7.69. The molecule has 1 aromatic heterocycles. The summed E-state index contributed by atoms with van der Waals surface area (Å²) in [5, 5.41) is 2.41. The van der Waals surface area contributed by atoms with E-state index in [1.54, 1.807) is 6.26 Å². The number of hydrogen-bond acceptors (Lipinski definition) is 2. The summed E-state index contributed by atoms with van der Waals surface area (Å²) in [5.74, 6) is 1.65. The van der Waals surface area contributed by atoms with E-state index in [1.807, 2.05) is 24.3 Å². The first-order valence-corrected chi connectivity index (χ1v) is 9.28. The van der Waals surface area contributed by atoms with Crippen LogP contribution in [0.1, 0.15) is 50.4 Å². The molecule has 0 unspecified atom stereocenters. The fraction of sp³-hybridized carbons (Fsp3) is 0.524. The summed E-state index contributed by atoms with van der Waals surface area (Å²) in [5.41, 5.74) is 1.12. The van der Waals surface area contributed by atoms with Crippen LogP contribution < -0.4 is 5.32 Å². The van der Waals surface area contributed by atoms with Crippen molar-refractivity contribution < 1.29 is 18.9 Å². The first-order chi connectivity index (χ1) is 12.0. The van der Waals surface area contributed by atoms with Crippen molar-refractivity contribution in [2.75, 3.05) is 19.7 Å². The summed E-state index contributed by atoms with van der Waals surface area (Å²) in [4.78, 5) is 0. The predicted octanol–water partition coefficient (Wildman–Crippen LogP) is 3.71. The van der Waals surface area contributed by atoms with Crippen molar-refractivity contribution in [1.82, 2.24) is 0 Å². The van der Waals surface area contributed by atoms with Crippen LogP contribution in [0, 0.1) is 11.7 Å². The van der Waals surface area contributed by atoms with Crippen molar-refractivity contribution >= 4 is 0 Å². The van der Waals surface area contributed by atoms with Crippen molar-refractivity contribution in [2.24, 2.45) is 5.92 Å². The number of benzene rings is 1. The molecule has 0 bridgehead atoms. The maximum Gasteiger partial charge on any atom is 0.123 e. The smallest absolute Gasteiger partial charge is 0.123 e. The van der Waals surface area contributed by atoms with Crippen LogP contribution in [0.2, 0.25) is 0 Å². The minimum atomic E-state index is -0.198. The molecule has 0 spiro atoms. The van der Waals surface area contributed by atoms with Crippen LogP contribution in [0.5, 0.6) is 0 Å². The van der Waals surface area contributed by atoms with Crippen molar-refractivity contribution in [2.45, 2.75) is 44.6 Å². The van der Waals surface area contributed by atoms with Crippen molar-refractivity contribution in [3.05, 3.63) is 59.8 Å². The van der Waals surface area contributed by atoms with Gasteiger partial charge in [0.1, 0.15) is 11.6 Å². The standard InChI is InChI=1S/C21H28FNO2/c1-21(2)14-16(10-13-25-21)15-23-11-9-19(20-4-3-12-24-20)17-5-7-18(22)8-6-17/h3-8,12,16,19,23H,9-11,13-15H2,1-2H3/p+1/t16-,19+/m0/s1. The molecule has 1 saturated heterocycles. The van der Waals surface area contributed by atoms with E-state index in [9.17, 15) is 4.39 Å². The van der Waals surface area contributed by atoms with Gasteiger partial charge in [-0.25, -0.2) is 4.39 Å². The Hall–Kier alpha value is -1.65. The van der Waals surface area contributed by atoms with Gasteiger partial charge in [0.15, 0.2) is 0 Å². The molecule has 4 heteroatoms. The lowest BCUT2D eigenvalue weighted by Crippen LogP contribution is -2.86. The zero-order valence-corrected chi connectivity index (χ0v) is 15.2. The second-order valence-corrected chi connectivity index (χ2v) is 7.69. The van der Waals surface area contributed by atoms with Crippen LogP contribution in [0.15, 0.2) is 47.1 Å². The van der Waals surface area contributed by atoms with E-state index in [1.165, 1.54) is 12.1 Å². The fourth-order valence-electron chi connectivity index (χ4n) is 3.86. The van der Waals surface area contributed by atoms with Gasteiger partial charge in [-0.1, -0.05) is 12.1 Å². The molecular weight excluding hydrogens is 317 g/mol. The minimum Gasteiger partial charge on any atom is -0.469 e. The van der Waals surface area contributed by atoms with Crippen molar-refractivity contribution in [1.29, 1.82) is 0 Å². The maximum absolute atomic E-state index is 13.2. The molecule has 1 aliphatic heterocycles. The minimum absolute atomic E-state index is 0.0154. The average Bonchev–Trinajstić information content (AvgIpc) is 3.09. The Morgan fingerprint density at radius 3 is 2.72 bits per heavy atom. The number of rotatable bonds is 7. The van der Waals surface area contributed by atoms with E-state index >= 15 is 0 Å². The van der Waals surface area contributed by atoms with Gasteiger partial charge in [-0.3, -0.25) is 0 Å². The molecule has 3 nitrogen and oxygen atoms in total. The lowest BCUT2D eigenvalue weighted by molar-refractivity contribution is -0.661. The van der Waals surface area contributed by atoms with Crippen LogP contribution in [0.25, 0.3) is 0 Å². The van der Waals surface area contributed by atoms with Gasteiger partial charge in [-0.15, -0.1) is 0 Å². The molecular formula is C21H29FNO2+. The van der Waals surface area contributed by atoms with E-state index in [4.69, 9.17) is 9.15 Å². The zero-order chi connectivity index (χ0) is 17.7. The van der Waals surface area contributed by atoms with E-state index in [2.05, 4.69) is 19.2 Å². The Morgan fingerprint density at radius 1 is 1.24 bits per heavy atom. The molecule has 0 amide bonds. The number of furan rings is 1. The Kier molecular flexibility index (Phi) is 5.92. The monoisotopic (exact) mass is 346 g/mol. The largest absolute Gasteiger partial charge is 0.469 e. The molecule has 1 fully saturated rings. The van der Waals surface area contributed by atoms with Crippen LogP contribution in [0.3, 0.4) is 0 Å². The third-order valence-corrected chi connectivity index (χ3v) is 5.12. The SMILES string of the molecule is CC1(C)C[C@@H](C[NH2+]CC[C@H](c2ccc(F)cc2)c2ccco2)CCO1. The van der Waals surface area contributed by atoms with Gasteiger partial charge in [0.2, 0.25) is 0 Å². The van der Waals surface area contributed by atoms with Gasteiger partial charge in [0, 0.05) is 24.9 Å². The second kappa shape index (κ2) is 8.15. The van der Waals surface area contributed by atoms with E-state index < -0.39 is 0 Å². The first-order valence-electron chi connectivity index (χ1n) is 9.28. The number of hydrogen-bond donors (Lipinski definition) is 1. The molecule has 0 radical (unpaired) electrons. The summed E-state index contributed by atoms with van der Waals surface area (Å²) in [6.45, 7) is 7.40. The van der Waals surface area contributed by atoms with Gasteiger partial charge < -0.3 is 14.5 Å². The number of halogens is 1. The zero-order valence-electron chi connectivity index (χ0n) is 15.2. The quantitative estimate of drug-likeness (QED) is 0.776. The van der Waals surface area contributed by atoms with Crippen LogP contribution >= 0.6 is 0 Å². The molecule has 25 heavy (non-hydrogen) atoms. The molecule has 1 aromatic carbocycles. The lowest BCUT2D eigenvalue weighted by Gasteiger charge is -2.34. The van der Waals surface area contributed by atoms with E-state index in [0.717, 1.165) is 56.2 Å². The fourth-order valence-corrected chi connectivity index (χ4v) is 3.86. The topological polar surface area (TPSA) is 39.0 Å². The summed E-state index contributed by atoms with van der Waals surface area (Å²) < 4.78 is 24.7. The molecule has 0 aliphatic carbocycles. The Balaban J connectivity index is 1.54. The van der Waals surface area contributed by atoms with Gasteiger partial charge >= 0.3 is 0 Å². The third kappa shape index (κ3) is 5.16. The third-order valence-electron chi connectivity index (χ3n) is 5.12. The highest BCUT2D eigenvalue weighted by Gasteiger charge is 2.29. The lowest BCUT2D eigenvalue weighted by atomic mass is 9.88. The molecule has 2 heterocycles. The average molecular weight is 346 g/mol. The van der Waals surface area contributed by atoms with Crippen LogP contribution in [0.4, 0.5) is 4.39 Å². The Labute approximate surface area is 149 Å². The van der Waals surface area contributed by atoms with Crippen LogP contribution in [-0.2, 0) is 4.74 Å². The Morgan fingerprint density at radius 2 is 2.04 bits per heavy atom. The van der Waals surface area contributed by atoms with Crippen molar-refractivity contribution in [3.8, 4) is 0 Å². The summed E-state index contributed by atoms with van der Waals surface area (Å²) in [7, 11) is 0. The molecule has 0 saturated carbocycles. The molecule has 2 atom stereocenters. The highest BCUT2D eigenvalue weighted by atomic mass is 19.1. The molecule has 1 aliphatic rings. The van der Waals surface area contributed by atoms with Crippen molar-refractivity contribution in [3.63, 3.8) is 0 Å². The van der Waals surface area contributed by atoms with Gasteiger partial charge in [0.25, 0.3) is 0 Å². The number of quaternary nitrogens is 1. The van der Waals surface area contributed by atoms with Gasteiger partial charge in [-0.05, 0) is 56.5 Å². The number of ether oxygens (including phenoxy) is 1. The summed E-state index contributed by atoms with van der Waals surface area (Å²) >= 11 is 0. The number of nitrogens with two attached hydrogens (primary N) is 1. The first kappa shape index (κ1) is 18.2. The van der Waals surface area contributed by atoms with E-state index in [-0.39, 0.29) is 17.3 Å². The summed E-state index contributed by atoms with van der Waals surface area (Å²) in [6, 6.07) is 10.7.